The lowest BCUT2D eigenvalue weighted by molar-refractivity contribution is 0.102. The molecule has 1 heterocycles. The van der Waals surface area contributed by atoms with Gasteiger partial charge < -0.3 is 10.1 Å². The molecular weight excluding hydrogens is 446 g/mol. The Bertz CT molecular complexity index is 1290. The van der Waals surface area contributed by atoms with Gasteiger partial charge in [0.05, 0.1) is 4.90 Å². The number of hydrogen-bond acceptors (Lipinski definition) is 6. The highest BCUT2D eigenvalue weighted by atomic mass is 32.2. The van der Waals surface area contributed by atoms with Gasteiger partial charge in [-0.25, -0.2) is 13.4 Å². The van der Waals surface area contributed by atoms with Gasteiger partial charge in [0.2, 0.25) is 0 Å². The molecular formula is C23H19N3O4S2. The van der Waals surface area contributed by atoms with Crippen molar-refractivity contribution in [3.8, 4) is 5.75 Å². The maximum Gasteiger partial charge on any atom is 0.263 e. The Balaban J connectivity index is 1.39. The lowest BCUT2D eigenvalue weighted by atomic mass is 10.2. The summed E-state index contributed by atoms with van der Waals surface area (Å²) in [5.41, 5.74) is 1.93. The van der Waals surface area contributed by atoms with Gasteiger partial charge in [0.1, 0.15) is 12.4 Å². The van der Waals surface area contributed by atoms with Gasteiger partial charge in [0.25, 0.3) is 15.9 Å². The van der Waals surface area contributed by atoms with Crippen LogP contribution in [0.25, 0.3) is 0 Å². The van der Waals surface area contributed by atoms with Crippen LogP contribution in [-0.2, 0) is 16.6 Å². The lowest BCUT2D eigenvalue weighted by Gasteiger charge is -2.10. The average Bonchev–Trinajstić information content (AvgIpc) is 3.31. The summed E-state index contributed by atoms with van der Waals surface area (Å²) in [6.45, 7) is 0.400. The first-order valence-corrected chi connectivity index (χ1v) is 12.0. The number of carbonyl (C=O) groups is 1. The average molecular weight is 466 g/mol. The van der Waals surface area contributed by atoms with Gasteiger partial charge in [-0.3, -0.25) is 9.52 Å². The number of sulfonamides is 1. The second kappa shape index (κ2) is 9.63. The van der Waals surface area contributed by atoms with Crippen LogP contribution in [0.1, 0.15) is 15.9 Å². The molecule has 1 amide bonds. The van der Waals surface area contributed by atoms with Crippen LogP contribution in [0.4, 0.5) is 10.8 Å². The van der Waals surface area contributed by atoms with E-state index in [0.29, 0.717) is 23.6 Å². The van der Waals surface area contributed by atoms with E-state index in [1.54, 1.807) is 29.6 Å². The third-order valence-electron chi connectivity index (χ3n) is 4.42. The first-order valence-electron chi connectivity index (χ1n) is 9.60. The molecule has 4 aromatic rings. The minimum atomic E-state index is -3.75. The van der Waals surface area contributed by atoms with Crippen molar-refractivity contribution in [1.29, 1.82) is 0 Å². The number of anilines is 2. The summed E-state index contributed by atoms with van der Waals surface area (Å²) in [5, 5.41) is 4.73. The Morgan fingerprint density at radius 3 is 2.47 bits per heavy atom. The summed E-state index contributed by atoms with van der Waals surface area (Å²) in [5.74, 6) is 0.253. The first kappa shape index (κ1) is 21.5. The number of rotatable bonds is 8. The number of aromatic nitrogens is 1. The molecule has 0 saturated carbocycles. The topological polar surface area (TPSA) is 97.4 Å². The minimum absolute atomic E-state index is 0.0713. The molecule has 0 radical (unpaired) electrons. The van der Waals surface area contributed by atoms with Crippen LogP contribution in [0.2, 0.25) is 0 Å². The molecule has 9 heteroatoms. The molecule has 0 aliphatic rings. The number of hydrogen-bond donors (Lipinski definition) is 2. The van der Waals surface area contributed by atoms with Crippen LogP contribution in [0.15, 0.2) is 95.3 Å². The summed E-state index contributed by atoms with van der Waals surface area (Å²) >= 11 is 1.19. The third-order valence-corrected chi connectivity index (χ3v) is 6.59. The summed E-state index contributed by atoms with van der Waals surface area (Å²) in [6.07, 6.45) is 1.52. The van der Waals surface area contributed by atoms with Crippen molar-refractivity contribution in [3.05, 3.63) is 102 Å². The number of nitrogens with zero attached hydrogens (tertiary/aromatic N) is 1. The van der Waals surface area contributed by atoms with Gasteiger partial charge in [-0.05, 0) is 48.0 Å². The standard InChI is InChI=1S/C23H19N3O4S2/c27-22(18-7-4-8-20(15-18)30-16-17-5-2-1-3-6-17)25-19-9-11-21(12-10-19)32(28,29)26-23-24-13-14-31-23/h1-15H,16H2,(H,24,26)(H,25,27). The maximum absolute atomic E-state index is 12.6. The molecule has 0 spiro atoms. The van der Waals surface area contributed by atoms with Crippen molar-refractivity contribution in [2.24, 2.45) is 0 Å². The second-order valence-corrected chi connectivity index (χ2v) is 9.30. The van der Waals surface area contributed by atoms with Crippen LogP contribution in [0.3, 0.4) is 0 Å². The maximum atomic E-state index is 12.6. The van der Waals surface area contributed by atoms with Crippen LogP contribution in [0.5, 0.6) is 5.75 Å². The van der Waals surface area contributed by atoms with E-state index in [0.717, 1.165) is 5.56 Å². The molecule has 4 rings (SSSR count). The zero-order valence-electron chi connectivity index (χ0n) is 16.8. The highest BCUT2D eigenvalue weighted by molar-refractivity contribution is 7.93. The highest BCUT2D eigenvalue weighted by Gasteiger charge is 2.16. The molecule has 3 aromatic carbocycles. The van der Waals surface area contributed by atoms with E-state index in [1.165, 1.54) is 41.8 Å². The van der Waals surface area contributed by atoms with Crippen LogP contribution < -0.4 is 14.8 Å². The Hall–Kier alpha value is -3.69. The van der Waals surface area contributed by atoms with E-state index in [4.69, 9.17) is 4.74 Å². The zero-order chi connectivity index (χ0) is 22.4. The quantitative estimate of drug-likeness (QED) is 0.390. The van der Waals surface area contributed by atoms with Gasteiger partial charge in [-0.15, -0.1) is 11.3 Å². The Kier molecular flexibility index (Phi) is 6.48. The highest BCUT2D eigenvalue weighted by Crippen LogP contribution is 2.21. The van der Waals surface area contributed by atoms with E-state index in [-0.39, 0.29) is 15.9 Å². The van der Waals surface area contributed by atoms with E-state index < -0.39 is 10.0 Å². The molecule has 0 bridgehead atoms. The largest absolute Gasteiger partial charge is 0.489 e. The van der Waals surface area contributed by atoms with Crippen LogP contribution >= 0.6 is 11.3 Å². The number of thiazole rings is 1. The van der Waals surface area contributed by atoms with Gasteiger partial charge >= 0.3 is 0 Å². The SMILES string of the molecule is O=C(Nc1ccc(S(=O)(=O)Nc2nccs2)cc1)c1cccc(OCc2ccccc2)c1. The predicted octanol–water partition coefficient (Wildman–Crippen LogP) is 4.78. The summed E-state index contributed by atoms with van der Waals surface area (Å²) in [7, 11) is -3.75. The molecule has 32 heavy (non-hydrogen) atoms. The number of nitrogens with one attached hydrogen (secondary N) is 2. The Morgan fingerprint density at radius 2 is 1.75 bits per heavy atom. The summed E-state index contributed by atoms with van der Waals surface area (Å²) < 4.78 is 33.0. The number of carbonyl (C=O) groups excluding carboxylic acids is 1. The zero-order valence-corrected chi connectivity index (χ0v) is 18.4. The van der Waals surface area contributed by atoms with Crippen molar-refractivity contribution in [2.45, 2.75) is 11.5 Å². The predicted molar refractivity (Wildman–Crippen MR) is 125 cm³/mol. The van der Waals surface area contributed by atoms with Gasteiger partial charge in [0.15, 0.2) is 5.13 Å². The molecule has 0 aliphatic heterocycles. The van der Waals surface area contributed by atoms with Crippen molar-refractivity contribution in [3.63, 3.8) is 0 Å². The Morgan fingerprint density at radius 1 is 0.969 bits per heavy atom. The van der Waals surface area contributed by atoms with Crippen molar-refractivity contribution in [2.75, 3.05) is 10.0 Å². The van der Waals surface area contributed by atoms with Gasteiger partial charge in [-0.1, -0.05) is 36.4 Å². The molecule has 7 nitrogen and oxygen atoms in total. The van der Waals surface area contributed by atoms with Gasteiger partial charge in [-0.2, -0.15) is 0 Å². The third kappa shape index (κ3) is 5.51. The van der Waals surface area contributed by atoms with E-state index in [2.05, 4.69) is 15.0 Å². The molecule has 2 N–H and O–H groups in total. The van der Waals surface area contributed by atoms with E-state index in [1.807, 2.05) is 30.3 Å². The van der Waals surface area contributed by atoms with Crippen molar-refractivity contribution >= 4 is 38.1 Å². The molecule has 1 aromatic heterocycles. The minimum Gasteiger partial charge on any atom is -0.489 e. The normalized spacial score (nSPS) is 11.0. The molecule has 0 saturated heterocycles. The molecule has 0 unspecified atom stereocenters. The molecule has 0 aliphatic carbocycles. The lowest BCUT2D eigenvalue weighted by Crippen LogP contribution is -2.14. The molecule has 0 atom stereocenters. The number of benzene rings is 3. The molecule has 0 fully saturated rings. The fourth-order valence-electron chi connectivity index (χ4n) is 2.84. The summed E-state index contributed by atoms with van der Waals surface area (Å²) in [6, 6.07) is 22.5. The molecule has 162 valence electrons. The van der Waals surface area contributed by atoms with Crippen LogP contribution in [-0.4, -0.2) is 19.3 Å². The smallest absolute Gasteiger partial charge is 0.263 e. The van der Waals surface area contributed by atoms with Crippen LogP contribution in [0, 0.1) is 0 Å². The van der Waals surface area contributed by atoms with Gasteiger partial charge in [0, 0.05) is 22.8 Å². The number of ether oxygens (including phenoxy) is 1. The first-order chi connectivity index (χ1) is 15.5. The fraction of sp³-hybridized carbons (Fsp3) is 0.0435. The van der Waals surface area contributed by atoms with E-state index >= 15 is 0 Å². The fourth-order valence-corrected chi connectivity index (χ4v) is 4.63. The Labute approximate surface area is 189 Å². The second-order valence-electron chi connectivity index (χ2n) is 6.72. The monoisotopic (exact) mass is 465 g/mol. The van der Waals surface area contributed by atoms with E-state index in [9.17, 15) is 13.2 Å². The number of amides is 1. The van der Waals surface area contributed by atoms with Crippen molar-refractivity contribution in [1.82, 2.24) is 4.98 Å². The summed E-state index contributed by atoms with van der Waals surface area (Å²) in [4.78, 5) is 16.6. The van der Waals surface area contributed by atoms with Crippen molar-refractivity contribution < 1.29 is 17.9 Å².